The molecule has 0 aliphatic carbocycles. The van der Waals surface area contributed by atoms with Crippen LogP contribution in [0.15, 0.2) is 0 Å². The number of rotatable bonds is 42. The summed E-state index contributed by atoms with van der Waals surface area (Å²) >= 11 is 3.83. The van der Waals surface area contributed by atoms with Crippen LogP contribution in [0.2, 0.25) is 0 Å². The third kappa shape index (κ3) is 37.6. The van der Waals surface area contributed by atoms with E-state index in [1.165, 1.54) is 89.9 Å². The first kappa shape index (κ1) is 51.3. The second-order valence-electron chi connectivity index (χ2n) is 15.3. The molecule has 0 fully saturated rings. The summed E-state index contributed by atoms with van der Waals surface area (Å²) in [5.74, 6) is 4.34. The number of carbonyl (C=O) groups excluding carboxylic acids is 3. The maximum absolute atomic E-state index is 12.5. The Labute approximate surface area is 332 Å². The molecular weight excluding hydrogens is 685 g/mol. The first-order chi connectivity index (χ1) is 25.5. The van der Waals surface area contributed by atoms with Crippen LogP contribution in [0.4, 0.5) is 0 Å². The molecule has 0 saturated heterocycles. The van der Waals surface area contributed by atoms with Crippen molar-refractivity contribution in [3.63, 3.8) is 0 Å². The Bertz CT molecular complexity index is 730. The fourth-order valence-corrected chi connectivity index (χ4v) is 8.64. The molecule has 0 radical (unpaired) electrons. The highest BCUT2D eigenvalue weighted by atomic mass is 32.2. The monoisotopic (exact) mass is 771 g/mol. The number of hydrogen-bond acceptors (Lipinski definition) is 7. The van der Waals surface area contributed by atoms with E-state index in [0.717, 1.165) is 113 Å². The highest BCUT2D eigenvalue weighted by Gasteiger charge is 2.16. The number of carbonyl (C=O) groups is 3. The smallest absolute Gasteiger partial charge is 0.306 e. The van der Waals surface area contributed by atoms with E-state index in [9.17, 15) is 14.4 Å². The summed E-state index contributed by atoms with van der Waals surface area (Å²) in [6.45, 7) is 8.92. The van der Waals surface area contributed by atoms with E-state index in [0.29, 0.717) is 31.5 Å². The Morgan fingerprint density at radius 2 is 0.692 bits per heavy atom. The molecule has 5 nitrogen and oxygen atoms in total. The molecule has 0 aliphatic heterocycles. The van der Waals surface area contributed by atoms with Crippen molar-refractivity contribution in [3.8, 4) is 0 Å². The summed E-state index contributed by atoms with van der Waals surface area (Å²) in [5.41, 5.74) is 0. The van der Waals surface area contributed by atoms with Crippen LogP contribution in [0.25, 0.3) is 0 Å². The van der Waals surface area contributed by atoms with E-state index in [-0.39, 0.29) is 24.1 Å². The van der Waals surface area contributed by atoms with Gasteiger partial charge in [-0.05, 0) is 75.7 Å². The van der Waals surface area contributed by atoms with Crippen LogP contribution in [0, 0.1) is 0 Å². The van der Waals surface area contributed by atoms with E-state index in [4.69, 9.17) is 9.47 Å². The topological polar surface area (TPSA) is 69.7 Å². The van der Waals surface area contributed by atoms with Crippen LogP contribution < -0.4 is 0 Å². The lowest BCUT2D eigenvalue weighted by molar-refractivity contribution is -0.149. The third-order valence-corrected chi connectivity index (χ3v) is 12.3. The van der Waals surface area contributed by atoms with Crippen LogP contribution in [0.1, 0.15) is 233 Å². The second kappa shape index (κ2) is 41.5. The van der Waals surface area contributed by atoms with Gasteiger partial charge >= 0.3 is 11.9 Å². The first-order valence-electron chi connectivity index (χ1n) is 22.5. The van der Waals surface area contributed by atoms with Gasteiger partial charge in [0.2, 0.25) is 0 Å². The molecule has 0 bridgehead atoms. The standard InChI is InChI=1S/C45H86O5S2/c1-5-9-13-17-19-27-35-44(47)49-42(33-25-15-11-7-3)39-51-37-29-21-23-31-41(46)32-24-22-30-38-52-40-43(34-26-16-12-8-4)50-45(48)36-28-20-18-14-10-6-2/h42-43H,5-40H2,1-4H3. The number of ketones is 1. The normalized spacial score (nSPS) is 12.5. The van der Waals surface area contributed by atoms with Gasteiger partial charge in [-0.15, -0.1) is 0 Å². The van der Waals surface area contributed by atoms with E-state index in [1.54, 1.807) is 0 Å². The summed E-state index contributed by atoms with van der Waals surface area (Å²) < 4.78 is 11.9. The van der Waals surface area contributed by atoms with Crippen LogP contribution in [-0.4, -0.2) is 52.9 Å². The molecule has 7 heteroatoms. The Morgan fingerprint density at radius 3 is 1.08 bits per heavy atom. The summed E-state index contributed by atoms with van der Waals surface area (Å²) in [7, 11) is 0. The molecule has 0 aromatic rings. The molecule has 2 unspecified atom stereocenters. The van der Waals surface area contributed by atoms with Gasteiger partial charge in [0.05, 0.1) is 0 Å². The first-order valence-corrected chi connectivity index (χ1v) is 24.8. The quantitative estimate of drug-likeness (QED) is 0.0452. The van der Waals surface area contributed by atoms with Gasteiger partial charge in [-0.3, -0.25) is 14.4 Å². The zero-order valence-corrected chi connectivity index (χ0v) is 36.6. The minimum Gasteiger partial charge on any atom is -0.461 e. The van der Waals surface area contributed by atoms with Gasteiger partial charge in [0, 0.05) is 37.2 Å². The zero-order chi connectivity index (χ0) is 38.2. The van der Waals surface area contributed by atoms with Gasteiger partial charge in [0.25, 0.3) is 0 Å². The average molecular weight is 771 g/mol. The van der Waals surface area contributed by atoms with Crippen LogP contribution in [0.5, 0.6) is 0 Å². The lowest BCUT2D eigenvalue weighted by atomic mass is 10.1. The fraction of sp³-hybridized carbons (Fsp3) is 0.933. The number of unbranched alkanes of at least 4 members (excludes halogenated alkanes) is 20. The summed E-state index contributed by atoms with van der Waals surface area (Å²) in [5, 5.41) is 0. The van der Waals surface area contributed by atoms with Crippen molar-refractivity contribution in [2.75, 3.05) is 23.0 Å². The molecule has 0 aromatic heterocycles. The maximum Gasteiger partial charge on any atom is 0.306 e. The molecule has 0 N–H and O–H groups in total. The molecule has 0 spiro atoms. The van der Waals surface area contributed by atoms with Crippen molar-refractivity contribution >= 4 is 41.2 Å². The number of esters is 2. The Kier molecular flexibility index (Phi) is 40.9. The van der Waals surface area contributed by atoms with Gasteiger partial charge in [-0.25, -0.2) is 0 Å². The van der Waals surface area contributed by atoms with Gasteiger partial charge in [-0.1, -0.05) is 143 Å². The molecule has 308 valence electrons. The predicted molar refractivity (Wildman–Crippen MR) is 230 cm³/mol. The highest BCUT2D eigenvalue weighted by Crippen LogP contribution is 2.20. The summed E-state index contributed by atoms with van der Waals surface area (Å²) in [6.07, 6.45) is 34.9. The molecule has 2 atom stereocenters. The van der Waals surface area contributed by atoms with E-state index in [2.05, 4.69) is 27.7 Å². The predicted octanol–water partition coefficient (Wildman–Crippen LogP) is 14.4. The maximum atomic E-state index is 12.5. The molecule has 52 heavy (non-hydrogen) atoms. The molecular formula is C45H86O5S2. The van der Waals surface area contributed by atoms with Gasteiger partial charge in [0.1, 0.15) is 18.0 Å². The van der Waals surface area contributed by atoms with Crippen molar-refractivity contribution in [3.05, 3.63) is 0 Å². The van der Waals surface area contributed by atoms with E-state index < -0.39 is 0 Å². The van der Waals surface area contributed by atoms with Crippen molar-refractivity contribution in [2.45, 2.75) is 245 Å². The number of ether oxygens (including phenoxy) is 2. The number of thioether (sulfide) groups is 2. The Balaban J connectivity index is 4.07. The number of hydrogen-bond donors (Lipinski definition) is 0. The van der Waals surface area contributed by atoms with Crippen molar-refractivity contribution in [1.82, 2.24) is 0 Å². The Hall–Kier alpha value is -0.690. The summed E-state index contributed by atoms with van der Waals surface area (Å²) in [4.78, 5) is 37.5. The average Bonchev–Trinajstić information content (AvgIpc) is 3.13. The summed E-state index contributed by atoms with van der Waals surface area (Å²) in [6, 6.07) is 0. The minimum atomic E-state index is -0.00714. The van der Waals surface area contributed by atoms with E-state index >= 15 is 0 Å². The molecule has 0 amide bonds. The Morgan fingerprint density at radius 1 is 0.385 bits per heavy atom. The van der Waals surface area contributed by atoms with Crippen molar-refractivity contribution < 1.29 is 23.9 Å². The lowest BCUT2D eigenvalue weighted by Crippen LogP contribution is -2.21. The second-order valence-corrected chi connectivity index (χ2v) is 17.6. The molecule has 0 aromatic carbocycles. The number of Topliss-reactive ketones (excluding diaryl/α,β-unsaturated/α-hetero) is 1. The molecule has 0 aliphatic rings. The van der Waals surface area contributed by atoms with Gasteiger partial charge in [-0.2, -0.15) is 23.5 Å². The molecule has 0 rings (SSSR count). The largest absolute Gasteiger partial charge is 0.461 e. The van der Waals surface area contributed by atoms with E-state index in [1.807, 2.05) is 23.5 Å². The molecule has 0 heterocycles. The van der Waals surface area contributed by atoms with Crippen molar-refractivity contribution in [1.29, 1.82) is 0 Å². The minimum absolute atomic E-state index is 0.00714. The van der Waals surface area contributed by atoms with Gasteiger partial charge in [0.15, 0.2) is 0 Å². The SMILES string of the molecule is CCCCCCCCC(=O)OC(CCCCCC)CSCCCCCC(=O)CCCCCSCC(CCCCCC)OC(=O)CCCCCCCC. The van der Waals surface area contributed by atoms with Crippen LogP contribution >= 0.6 is 23.5 Å². The lowest BCUT2D eigenvalue weighted by Gasteiger charge is -2.18. The van der Waals surface area contributed by atoms with Crippen molar-refractivity contribution in [2.24, 2.45) is 0 Å². The fourth-order valence-electron chi connectivity index (χ4n) is 6.50. The van der Waals surface area contributed by atoms with Gasteiger partial charge < -0.3 is 9.47 Å². The van der Waals surface area contributed by atoms with Crippen LogP contribution in [-0.2, 0) is 23.9 Å². The third-order valence-electron chi connectivity index (χ3n) is 9.92. The molecule has 0 saturated carbocycles. The highest BCUT2D eigenvalue weighted by molar-refractivity contribution is 7.99. The van der Waals surface area contributed by atoms with Crippen LogP contribution in [0.3, 0.4) is 0 Å². The zero-order valence-electron chi connectivity index (χ0n) is 35.0.